The first-order valence-corrected chi connectivity index (χ1v) is 8.55. The quantitative estimate of drug-likeness (QED) is 0.524. The lowest BCUT2D eigenvalue weighted by molar-refractivity contribution is -0.138. The molecule has 0 aliphatic carbocycles. The molecule has 0 aromatic heterocycles. The molecule has 0 heterocycles. The van der Waals surface area contributed by atoms with Crippen LogP contribution in [0.25, 0.3) is 0 Å². The van der Waals surface area contributed by atoms with E-state index in [1.165, 1.54) is 25.7 Å². The molecule has 0 atom stereocenters. The lowest BCUT2D eigenvalue weighted by Gasteiger charge is -1.99. The molecule has 0 unspecified atom stereocenters. The van der Waals surface area contributed by atoms with Crippen molar-refractivity contribution >= 4 is 11.9 Å². The van der Waals surface area contributed by atoms with E-state index in [1.807, 2.05) is 13.8 Å². The van der Waals surface area contributed by atoms with Crippen LogP contribution in [-0.4, -0.2) is 48.6 Å². The number of carboxylic acids is 2. The molecule has 0 amide bonds. The third-order valence-electron chi connectivity index (χ3n) is 2.47. The Kier molecular flexibility index (Phi) is 30.0. The van der Waals surface area contributed by atoms with Crippen molar-refractivity contribution in [1.82, 2.24) is 0 Å². The Labute approximate surface area is 141 Å². The molecule has 0 saturated heterocycles. The Bertz CT molecular complexity index is 221. The molecular weight excluding hydrogens is 300 g/mol. The Balaban J connectivity index is -0.000000273. The molecule has 6 nitrogen and oxygen atoms in total. The number of carbonyl (C=O) groups is 2. The molecule has 0 aromatic rings. The zero-order valence-corrected chi connectivity index (χ0v) is 15.3. The van der Waals surface area contributed by atoms with E-state index in [-0.39, 0.29) is 19.3 Å². The number of hydrogen-bond acceptors (Lipinski definition) is 4. The van der Waals surface area contributed by atoms with Crippen molar-refractivity contribution < 1.29 is 29.3 Å². The van der Waals surface area contributed by atoms with E-state index in [1.54, 1.807) is 0 Å². The fourth-order valence-electron chi connectivity index (χ4n) is 1.19. The summed E-state index contributed by atoms with van der Waals surface area (Å²) < 4.78 is 10.1. The third kappa shape index (κ3) is 44.9. The van der Waals surface area contributed by atoms with Crippen molar-refractivity contribution in [3.8, 4) is 0 Å². The fourth-order valence-corrected chi connectivity index (χ4v) is 1.19. The van der Waals surface area contributed by atoms with Gasteiger partial charge in [0.25, 0.3) is 0 Å². The third-order valence-corrected chi connectivity index (χ3v) is 2.47. The number of carboxylic acid groups (broad SMARTS) is 2. The Morgan fingerprint density at radius 2 is 1.09 bits per heavy atom. The second-order valence-corrected chi connectivity index (χ2v) is 4.74. The number of ether oxygens (including phenoxy) is 2. The van der Waals surface area contributed by atoms with E-state index < -0.39 is 11.9 Å². The van der Waals surface area contributed by atoms with Crippen LogP contribution < -0.4 is 0 Å². The second-order valence-electron chi connectivity index (χ2n) is 4.74. The van der Waals surface area contributed by atoms with Gasteiger partial charge in [-0.1, -0.05) is 26.7 Å². The summed E-state index contributed by atoms with van der Waals surface area (Å²) in [5, 5.41) is 16.1. The molecule has 6 heteroatoms. The summed E-state index contributed by atoms with van der Waals surface area (Å²) in [6, 6.07) is 0. The van der Waals surface area contributed by atoms with Crippen LogP contribution in [0.15, 0.2) is 0 Å². The van der Waals surface area contributed by atoms with Crippen molar-refractivity contribution in [1.29, 1.82) is 0 Å². The first-order chi connectivity index (χ1) is 11.0. The molecule has 2 N–H and O–H groups in total. The molecule has 0 bridgehead atoms. The number of hydrogen-bond donors (Lipinski definition) is 2. The van der Waals surface area contributed by atoms with Gasteiger partial charge in [0.2, 0.25) is 0 Å². The first-order valence-electron chi connectivity index (χ1n) is 8.55. The van der Waals surface area contributed by atoms with Gasteiger partial charge in [0, 0.05) is 39.3 Å². The topological polar surface area (TPSA) is 93.1 Å². The van der Waals surface area contributed by atoms with E-state index in [0.29, 0.717) is 0 Å². The second kappa shape index (κ2) is 25.8. The van der Waals surface area contributed by atoms with E-state index in [9.17, 15) is 9.59 Å². The fraction of sp³-hybridized carbons (Fsp3) is 0.882. The van der Waals surface area contributed by atoms with Crippen LogP contribution in [0, 0.1) is 0 Å². The number of aliphatic carboxylic acids is 2. The first kappa shape index (κ1) is 26.7. The summed E-state index contributed by atoms with van der Waals surface area (Å²) in [6.45, 7) is 11.9. The molecular formula is C17H36O6. The lowest BCUT2D eigenvalue weighted by atomic mass is 10.2. The van der Waals surface area contributed by atoms with Gasteiger partial charge in [-0.2, -0.15) is 0 Å². The highest BCUT2D eigenvalue weighted by Crippen LogP contribution is 1.93. The molecule has 0 radical (unpaired) electrons. The van der Waals surface area contributed by atoms with Crippen molar-refractivity contribution in [2.45, 2.75) is 72.6 Å². The van der Waals surface area contributed by atoms with Gasteiger partial charge in [-0.05, 0) is 33.1 Å². The average molecular weight is 336 g/mol. The van der Waals surface area contributed by atoms with E-state index >= 15 is 0 Å². The number of rotatable bonds is 12. The molecule has 0 rings (SSSR count). The predicted octanol–water partition coefficient (Wildman–Crippen LogP) is 3.97. The average Bonchev–Trinajstić information content (AvgIpc) is 2.48. The molecule has 0 saturated carbocycles. The summed E-state index contributed by atoms with van der Waals surface area (Å²) in [6.07, 6.45) is 4.99. The summed E-state index contributed by atoms with van der Waals surface area (Å²) in [5.41, 5.74) is 0. The minimum Gasteiger partial charge on any atom is -0.481 e. The highest BCUT2D eigenvalue weighted by atomic mass is 16.5. The van der Waals surface area contributed by atoms with E-state index in [0.717, 1.165) is 26.4 Å². The molecule has 0 aromatic carbocycles. The summed E-state index contributed by atoms with van der Waals surface area (Å²) in [5.74, 6) is -1.90. The van der Waals surface area contributed by atoms with Crippen molar-refractivity contribution in [2.75, 3.05) is 26.4 Å². The predicted molar refractivity (Wildman–Crippen MR) is 91.9 cm³/mol. The minimum absolute atomic E-state index is 0.0632. The monoisotopic (exact) mass is 336 g/mol. The standard InChI is InChI=1S/C8H18O.C5H8O4.C4H10O/c1-3-5-7-9-8-6-4-2;6-4(7)2-1-3-5(8)9;1-3-5-4-2/h3-8H2,1-2H3;1-3H2,(H,6,7)(H,8,9);3-4H2,1-2H3. The van der Waals surface area contributed by atoms with Gasteiger partial charge in [0.05, 0.1) is 0 Å². The largest absolute Gasteiger partial charge is 0.481 e. The van der Waals surface area contributed by atoms with Crippen LogP contribution in [0.2, 0.25) is 0 Å². The molecule has 140 valence electrons. The van der Waals surface area contributed by atoms with Gasteiger partial charge in [-0.15, -0.1) is 0 Å². The van der Waals surface area contributed by atoms with Gasteiger partial charge < -0.3 is 19.7 Å². The zero-order chi connectivity index (χ0) is 18.3. The highest BCUT2D eigenvalue weighted by molar-refractivity contribution is 5.69. The van der Waals surface area contributed by atoms with Crippen LogP contribution in [-0.2, 0) is 19.1 Å². The molecule has 0 aliphatic heterocycles. The summed E-state index contributed by atoms with van der Waals surface area (Å²) in [7, 11) is 0. The van der Waals surface area contributed by atoms with Gasteiger partial charge in [-0.25, -0.2) is 0 Å². The summed E-state index contributed by atoms with van der Waals surface area (Å²) >= 11 is 0. The van der Waals surface area contributed by atoms with E-state index in [2.05, 4.69) is 13.8 Å². The van der Waals surface area contributed by atoms with Gasteiger partial charge >= 0.3 is 11.9 Å². The van der Waals surface area contributed by atoms with Crippen molar-refractivity contribution in [2.24, 2.45) is 0 Å². The van der Waals surface area contributed by atoms with Crippen LogP contribution in [0.1, 0.15) is 72.6 Å². The SMILES string of the molecule is CCCCOCCCC.CCOCC.O=C(O)CCCC(=O)O. The Morgan fingerprint density at radius 3 is 1.30 bits per heavy atom. The van der Waals surface area contributed by atoms with Gasteiger partial charge in [0.1, 0.15) is 0 Å². The van der Waals surface area contributed by atoms with Gasteiger partial charge in [-0.3, -0.25) is 9.59 Å². The maximum atomic E-state index is 9.79. The Morgan fingerprint density at radius 1 is 0.696 bits per heavy atom. The molecule has 0 fully saturated rings. The zero-order valence-electron chi connectivity index (χ0n) is 15.3. The normalized spacial score (nSPS) is 9.22. The maximum absolute atomic E-state index is 9.79. The van der Waals surface area contributed by atoms with Crippen molar-refractivity contribution in [3.05, 3.63) is 0 Å². The summed E-state index contributed by atoms with van der Waals surface area (Å²) in [4.78, 5) is 19.6. The molecule has 0 aliphatic rings. The van der Waals surface area contributed by atoms with Gasteiger partial charge in [0.15, 0.2) is 0 Å². The minimum atomic E-state index is -0.948. The van der Waals surface area contributed by atoms with Crippen molar-refractivity contribution in [3.63, 3.8) is 0 Å². The molecule has 23 heavy (non-hydrogen) atoms. The number of unbranched alkanes of at least 4 members (excludes halogenated alkanes) is 2. The lowest BCUT2D eigenvalue weighted by Crippen LogP contribution is -1.98. The van der Waals surface area contributed by atoms with Crippen LogP contribution in [0.5, 0.6) is 0 Å². The Hall–Kier alpha value is -1.14. The highest BCUT2D eigenvalue weighted by Gasteiger charge is 1.99. The maximum Gasteiger partial charge on any atom is 0.303 e. The van der Waals surface area contributed by atoms with E-state index in [4.69, 9.17) is 19.7 Å². The van der Waals surface area contributed by atoms with Crippen LogP contribution in [0.4, 0.5) is 0 Å². The van der Waals surface area contributed by atoms with Crippen LogP contribution >= 0.6 is 0 Å². The molecule has 0 spiro atoms. The smallest absolute Gasteiger partial charge is 0.303 e. The van der Waals surface area contributed by atoms with Crippen LogP contribution in [0.3, 0.4) is 0 Å².